The molecule has 1 heterocycles. The number of piperidine rings is 1. The van der Waals surface area contributed by atoms with Gasteiger partial charge in [0.1, 0.15) is 0 Å². The van der Waals surface area contributed by atoms with Gasteiger partial charge in [-0.25, -0.2) is 0 Å². The predicted octanol–water partition coefficient (Wildman–Crippen LogP) is 1.29. The fourth-order valence-electron chi connectivity index (χ4n) is 3.00. The number of amides is 1. The summed E-state index contributed by atoms with van der Waals surface area (Å²) in [5, 5.41) is 3.37. The minimum atomic E-state index is 0. The van der Waals surface area contributed by atoms with Gasteiger partial charge in [-0.2, -0.15) is 0 Å². The molecule has 1 saturated carbocycles. The molecule has 0 radical (unpaired) electrons. The second-order valence-electron chi connectivity index (χ2n) is 5.48. The molecular formula is C13H25ClN2O2. The van der Waals surface area contributed by atoms with Crippen LogP contribution in [0, 0.1) is 11.3 Å². The third kappa shape index (κ3) is 3.37. The lowest BCUT2D eigenvalue weighted by Crippen LogP contribution is -2.35. The van der Waals surface area contributed by atoms with E-state index in [1.807, 2.05) is 11.9 Å². The van der Waals surface area contributed by atoms with Crippen LogP contribution in [0.5, 0.6) is 0 Å². The van der Waals surface area contributed by atoms with E-state index in [1.54, 1.807) is 7.11 Å². The minimum Gasteiger partial charge on any atom is -0.385 e. The van der Waals surface area contributed by atoms with Gasteiger partial charge in [0.05, 0.1) is 0 Å². The largest absolute Gasteiger partial charge is 0.385 e. The molecule has 0 aromatic rings. The Kier molecular flexibility index (Phi) is 5.89. The number of carbonyl (C=O) groups is 1. The van der Waals surface area contributed by atoms with Crippen molar-refractivity contribution in [2.24, 2.45) is 11.3 Å². The molecule has 2 aliphatic rings. The van der Waals surface area contributed by atoms with E-state index in [9.17, 15) is 4.79 Å². The Balaban J connectivity index is 0.00000162. The smallest absolute Gasteiger partial charge is 0.226 e. The minimum absolute atomic E-state index is 0. The van der Waals surface area contributed by atoms with Gasteiger partial charge in [-0.3, -0.25) is 4.79 Å². The van der Waals surface area contributed by atoms with E-state index in [0.29, 0.717) is 17.2 Å². The van der Waals surface area contributed by atoms with Crippen molar-refractivity contribution >= 4 is 18.3 Å². The average Bonchev–Trinajstić information content (AvgIpc) is 3.03. The van der Waals surface area contributed by atoms with E-state index in [-0.39, 0.29) is 12.4 Å². The molecule has 1 spiro atoms. The number of rotatable bonds is 5. The van der Waals surface area contributed by atoms with Gasteiger partial charge >= 0.3 is 0 Å². The van der Waals surface area contributed by atoms with Crippen LogP contribution >= 0.6 is 12.4 Å². The monoisotopic (exact) mass is 276 g/mol. The zero-order valence-corrected chi connectivity index (χ0v) is 12.2. The summed E-state index contributed by atoms with van der Waals surface area (Å²) in [7, 11) is 3.62. The van der Waals surface area contributed by atoms with Crippen molar-refractivity contribution in [1.82, 2.24) is 10.2 Å². The summed E-state index contributed by atoms with van der Waals surface area (Å²) in [4.78, 5) is 14.1. The molecule has 0 aromatic carbocycles. The van der Waals surface area contributed by atoms with Crippen molar-refractivity contribution in [3.63, 3.8) is 0 Å². The van der Waals surface area contributed by atoms with E-state index >= 15 is 0 Å². The Morgan fingerprint density at radius 2 is 2.11 bits per heavy atom. The molecule has 1 atom stereocenters. The second-order valence-corrected chi connectivity index (χ2v) is 5.48. The molecule has 2 rings (SSSR count). The first kappa shape index (κ1) is 15.7. The number of nitrogens with zero attached hydrogens (tertiary/aromatic N) is 1. The van der Waals surface area contributed by atoms with Gasteiger partial charge < -0.3 is 15.0 Å². The first-order valence-electron chi connectivity index (χ1n) is 6.64. The van der Waals surface area contributed by atoms with Gasteiger partial charge in [0.25, 0.3) is 0 Å². The molecule has 18 heavy (non-hydrogen) atoms. The van der Waals surface area contributed by atoms with Crippen molar-refractivity contribution in [2.45, 2.75) is 25.7 Å². The van der Waals surface area contributed by atoms with E-state index in [2.05, 4.69) is 5.32 Å². The Bertz CT molecular complexity index is 280. The first-order chi connectivity index (χ1) is 8.19. The number of hydrogen-bond donors (Lipinski definition) is 1. The van der Waals surface area contributed by atoms with Crippen molar-refractivity contribution in [1.29, 1.82) is 0 Å². The van der Waals surface area contributed by atoms with Gasteiger partial charge in [-0.05, 0) is 44.2 Å². The van der Waals surface area contributed by atoms with Crippen molar-refractivity contribution in [3.8, 4) is 0 Å². The molecule has 1 N–H and O–H groups in total. The molecule has 0 bridgehead atoms. The number of methoxy groups -OCH3 is 1. The summed E-state index contributed by atoms with van der Waals surface area (Å²) in [6.45, 7) is 3.71. The summed E-state index contributed by atoms with van der Waals surface area (Å²) < 4.78 is 5.01. The summed E-state index contributed by atoms with van der Waals surface area (Å²) >= 11 is 0. The topological polar surface area (TPSA) is 41.6 Å². The first-order valence-corrected chi connectivity index (χ1v) is 6.64. The lowest BCUT2D eigenvalue weighted by Gasteiger charge is -2.25. The highest BCUT2D eigenvalue weighted by molar-refractivity contribution is 5.85. The number of ether oxygens (including phenoxy) is 1. The molecule has 5 heteroatoms. The summed E-state index contributed by atoms with van der Waals surface area (Å²) in [5.74, 6) is 0.653. The Morgan fingerprint density at radius 3 is 2.72 bits per heavy atom. The number of halogens is 1. The maximum absolute atomic E-state index is 12.2. The normalized spacial score (nSPS) is 24.4. The van der Waals surface area contributed by atoms with Crippen molar-refractivity contribution < 1.29 is 9.53 Å². The van der Waals surface area contributed by atoms with Crippen LogP contribution in [-0.2, 0) is 9.53 Å². The third-order valence-corrected chi connectivity index (χ3v) is 4.31. The van der Waals surface area contributed by atoms with E-state index in [1.165, 1.54) is 12.8 Å². The summed E-state index contributed by atoms with van der Waals surface area (Å²) in [5.41, 5.74) is 0.359. The maximum atomic E-state index is 12.2. The van der Waals surface area contributed by atoms with E-state index in [4.69, 9.17) is 4.74 Å². The highest BCUT2D eigenvalue weighted by Gasteiger charge is 2.58. The Morgan fingerprint density at radius 1 is 1.44 bits per heavy atom. The molecule has 1 amide bonds. The standard InChI is InChI=1S/C13H24N2O2.ClH/c1-15(8-3-9-17-2)12(16)11-10-13(11)4-6-14-7-5-13;/h11,14H,3-10H2,1-2H3;1H. The highest BCUT2D eigenvalue weighted by Crippen LogP contribution is 2.59. The van der Waals surface area contributed by atoms with E-state index in [0.717, 1.165) is 39.1 Å². The van der Waals surface area contributed by atoms with Crippen LogP contribution in [0.15, 0.2) is 0 Å². The quantitative estimate of drug-likeness (QED) is 0.770. The molecule has 1 aliphatic heterocycles. The fourth-order valence-corrected chi connectivity index (χ4v) is 3.00. The number of nitrogens with one attached hydrogen (secondary N) is 1. The van der Waals surface area contributed by atoms with Crippen LogP contribution in [0.25, 0.3) is 0 Å². The van der Waals surface area contributed by atoms with E-state index < -0.39 is 0 Å². The molecule has 0 aromatic heterocycles. The molecule has 1 saturated heterocycles. The summed E-state index contributed by atoms with van der Waals surface area (Å²) in [6.07, 6.45) is 4.40. The van der Waals surface area contributed by atoms with Crippen LogP contribution in [0.3, 0.4) is 0 Å². The maximum Gasteiger partial charge on any atom is 0.226 e. The van der Waals surface area contributed by atoms with Gasteiger partial charge in [-0.15, -0.1) is 12.4 Å². The van der Waals surface area contributed by atoms with Crippen molar-refractivity contribution in [2.75, 3.05) is 40.4 Å². The Hall–Kier alpha value is -0.320. The predicted molar refractivity (Wildman–Crippen MR) is 74.0 cm³/mol. The Labute approximate surface area is 116 Å². The molecular weight excluding hydrogens is 252 g/mol. The molecule has 1 aliphatic carbocycles. The summed E-state index contributed by atoms with van der Waals surface area (Å²) in [6, 6.07) is 0. The van der Waals surface area contributed by atoms with Gasteiger partial charge in [0, 0.05) is 33.2 Å². The molecule has 2 fully saturated rings. The molecule has 1 unspecified atom stereocenters. The van der Waals surface area contributed by atoms with Gasteiger partial charge in [-0.1, -0.05) is 0 Å². The van der Waals surface area contributed by atoms with Crippen LogP contribution in [0.1, 0.15) is 25.7 Å². The van der Waals surface area contributed by atoms with Gasteiger partial charge in [0.15, 0.2) is 0 Å². The molecule has 4 nitrogen and oxygen atoms in total. The highest BCUT2D eigenvalue weighted by atomic mass is 35.5. The van der Waals surface area contributed by atoms with Crippen molar-refractivity contribution in [3.05, 3.63) is 0 Å². The van der Waals surface area contributed by atoms with Crippen LogP contribution < -0.4 is 5.32 Å². The van der Waals surface area contributed by atoms with Crippen LogP contribution in [-0.4, -0.2) is 51.2 Å². The SMILES string of the molecule is COCCCN(C)C(=O)C1CC12CCNCC2.Cl. The third-order valence-electron chi connectivity index (χ3n) is 4.31. The zero-order chi connectivity index (χ0) is 12.3. The van der Waals surface area contributed by atoms with Crippen LogP contribution in [0.4, 0.5) is 0 Å². The number of hydrogen-bond acceptors (Lipinski definition) is 3. The zero-order valence-electron chi connectivity index (χ0n) is 11.4. The lowest BCUT2D eigenvalue weighted by molar-refractivity contribution is -0.132. The molecule has 106 valence electrons. The average molecular weight is 277 g/mol. The fraction of sp³-hybridized carbons (Fsp3) is 0.923. The lowest BCUT2D eigenvalue weighted by atomic mass is 9.91. The van der Waals surface area contributed by atoms with Crippen LogP contribution in [0.2, 0.25) is 0 Å². The van der Waals surface area contributed by atoms with Gasteiger partial charge in [0.2, 0.25) is 5.91 Å². The number of carbonyl (C=O) groups excluding carboxylic acids is 1. The second kappa shape index (κ2) is 6.73.